The van der Waals surface area contributed by atoms with Gasteiger partial charge in [0.1, 0.15) is 5.75 Å². The van der Waals surface area contributed by atoms with E-state index in [9.17, 15) is 0 Å². The van der Waals surface area contributed by atoms with Crippen LogP contribution in [-0.4, -0.2) is 56.1 Å². The number of nitrogens with zero attached hydrogens (tertiary/aromatic N) is 1. The average Bonchev–Trinajstić information content (AvgIpc) is 2.82. The van der Waals surface area contributed by atoms with Gasteiger partial charge in [-0.15, -0.1) is 0 Å². The van der Waals surface area contributed by atoms with Crippen molar-refractivity contribution in [1.82, 2.24) is 4.90 Å². The van der Waals surface area contributed by atoms with Crippen LogP contribution < -0.4 is 10.2 Å². The van der Waals surface area contributed by atoms with Crippen LogP contribution in [0.5, 0.6) is 5.75 Å². The van der Waals surface area contributed by atoms with E-state index in [4.69, 9.17) is 18.8 Å². The van der Waals surface area contributed by atoms with Crippen molar-refractivity contribution in [2.75, 3.05) is 27.3 Å². The van der Waals surface area contributed by atoms with Gasteiger partial charge >= 0.3 is 7.12 Å². The molecule has 0 aliphatic carbocycles. The smallest absolute Gasteiger partial charge is 0.495 e. The summed E-state index contributed by atoms with van der Waals surface area (Å²) in [5.74, 6) is 0.858. The van der Waals surface area contributed by atoms with Crippen molar-refractivity contribution in [3.05, 3.63) is 23.8 Å². The summed E-state index contributed by atoms with van der Waals surface area (Å²) in [6.45, 7) is 13.4. The van der Waals surface area contributed by atoms with Gasteiger partial charge in [-0.1, -0.05) is 6.07 Å². The first kappa shape index (κ1) is 20.7. The molecule has 0 bridgehead atoms. The van der Waals surface area contributed by atoms with Crippen LogP contribution in [0.25, 0.3) is 0 Å². The van der Waals surface area contributed by atoms with Crippen molar-refractivity contribution in [3.8, 4) is 5.75 Å². The Hall–Kier alpha value is -1.08. The van der Waals surface area contributed by atoms with Crippen molar-refractivity contribution in [1.29, 1.82) is 0 Å². The molecule has 27 heavy (non-hydrogen) atoms. The highest BCUT2D eigenvalue weighted by molar-refractivity contribution is 6.62. The van der Waals surface area contributed by atoms with Crippen molar-refractivity contribution < 1.29 is 18.8 Å². The van der Waals surface area contributed by atoms with E-state index in [1.807, 2.05) is 13.2 Å². The molecular weight excluding hydrogens is 341 g/mol. The third kappa shape index (κ3) is 4.19. The van der Waals surface area contributed by atoms with E-state index in [0.717, 1.165) is 43.7 Å². The predicted molar refractivity (Wildman–Crippen MR) is 109 cm³/mol. The molecule has 0 radical (unpaired) electrons. The van der Waals surface area contributed by atoms with Gasteiger partial charge < -0.3 is 18.8 Å². The fourth-order valence-corrected chi connectivity index (χ4v) is 3.90. The van der Waals surface area contributed by atoms with Gasteiger partial charge in [0.05, 0.1) is 23.9 Å². The zero-order valence-electron chi connectivity index (χ0n) is 17.9. The monoisotopic (exact) mass is 375 g/mol. The van der Waals surface area contributed by atoms with Gasteiger partial charge in [-0.3, -0.25) is 4.90 Å². The highest BCUT2D eigenvalue weighted by Gasteiger charge is 2.52. The third-order valence-corrected chi connectivity index (χ3v) is 6.48. The summed E-state index contributed by atoms with van der Waals surface area (Å²) >= 11 is 0. The molecule has 2 saturated heterocycles. The normalized spacial score (nSPS) is 27.7. The summed E-state index contributed by atoms with van der Waals surface area (Å²) in [6, 6.07) is 6.17. The quantitative estimate of drug-likeness (QED) is 0.740. The van der Waals surface area contributed by atoms with Gasteiger partial charge in [0, 0.05) is 20.2 Å². The second-order valence-electron chi connectivity index (χ2n) is 9.12. The molecule has 1 atom stereocenters. The first-order chi connectivity index (χ1) is 12.6. The maximum Gasteiger partial charge on any atom is 0.495 e. The van der Waals surface area contributed by atoms with Crippen LogP contribution in [-0.2, 0) is 20.6 Å². The lowest BCUT2D eigenvalue weighted by Crippen LogP contribution is -2.48. The molecule has 2 aliphatic rings. The number of rotatable bonds is 5. The third-order valence-electron chi connectivity index (χ3n) is 6.48. The number of hydrogen-bond acceptors (Lipinski definition) is 5. The first-order valence-electron chi connectivity index (χ1n) is 9.89. The van der Waals surface area contributed by atoms with Crippen molar-refractivity contribution in [2.24, 2.45) is 0 Å². The van der Waals surface area contributed by atoms with E-state index in [1.54, 1.807) is 7.11 Å². The molecule has 2 heterocycles. The molecule has 1 aromatic rings. The SMILES string of the molecule is COc1ccc(B2OC(C)(C)C(C)(C)O2)c(CN2CCCC(C)(OC)C2)c1. The predicted octanol–water partition coefficient (Wildman–Crippen LogP) is 3.00. The van der Waals surface area contributed by atoms with Gasteiger partial charge in [-0.05, 0) is 77.2 Å². The molecule has 0 saturated carbocycles. The van der Waals surface area contributed by atoms with E-state index < -0.39 is 0 Å². The van der Waals surface area contributed by atoms with Crippen LogP contribution in [0, 0.1) is 0 Å². The maximum absolute atomic E-state index is 6.31. The van der Waals surface area contributed by atoms with E-state index in [0.29, 0.717) is 0 Å². The molecule has 5 nitrogen and oxygen atoms in total. The highest BCUT2D eigenvalue weighted by atomic mass is 16.7. The molecule has 0 N–H and O–H groups in total. The molecule has 150 valence electrons. The minimum atomic E-state index is -0.366. The number of piperidine rings is 1. The fraction of sp³-hybridized carbons (Fsp3) is 0.714. The molecule has 2 fully saturated rings. The van der Waals surface area contributed by atoms with Crippen LogP contribution in [0.1, 0.15) is 53.0 Å². The first-order valence-corrected chi connectivity index (χ1v) is 9.89. The van der Waals surface area contributed by atoms with Crippen molar-refractivity contribution in [3.63, 3.8) is 0 Å². The Morgan fingerprint density at radius 1 is 1.07 bits per heavy atom. The number of hydrogen-bond donors (Lipinski definition) is 0. The van der Waals surface area contributed by atoms with E-state index in [1.165, 1.54) is 5.56 Å². The second kappa shape index (κ2) is 7.39. The summed E-state index contributed by atoms with van der Waals surface area (Å²) in [7, 11) is 3.15. The van der Waals surface area contributed by atoms with Gasteiger partial charge in [0.15, 0.2) is 0 Å². The highest BCUT2D eigenvalue weighted by Crippen LogP contribution is 2.37. The average molecular weight is 375 g/mol. The Labute approximate surface area is 164 Å². The van der Waals surface area contributed by atoms with E-state index in [2.05, 4.69) is 51.7 Å². The summed E-state index contributed by atoms with van der Waals surface area (Å²) < 4.78 is 23.9. The molecule has 0 amide bonds. The maximum atomic E-state index is 6.31. The van der Waals surface area contributed by atoms with Gasteiger partial charge in [0.2, 0.25) is 0 Å². The Morgan fingerprint density at radius 3 is 2.33 bits per heavy atom. The van der Waals surface area contributed by atoms with Crippen LogP contribution in [0.3, 0.4) is 0 Å². The Morgan fingerprint density at radius 2 is 1.74 bits per heavy atom. The summed E-state index contributed by atoms with van der Waals surface area (Å²) in [5, 5.41) is 0. The largest absolute Gasteiger partial charge is 0.497 e. The lowest BCUT2D eigenvalue weighted by atomic mass is 9.75. The molecule has 0 aromatic heterocycles. The Kier molecular flexibility index (Phi) is 5.66. The van der Waals surface area contributed by atoms with Crippen LogP contribution >= 0.6 is 0 Å². The summed E-state index contributed by atoms with van der Waals surface area (Å²) in [6.07, 6.45) is 2.24. The summed E-state index contributed by atoms with van der Waals surface area (Å²) in [4.78, 5) is 2.45. The zero-order valence-corrected chi connectivity index (χ0v) is 17.9. The number of likely N-dealkylation sites (tertiary alicyclic amines) is 1. The van der Waals surface area contributed by atoms with Gasteiger partial charge in [-0.25, -0.2) is 0 Å². The molecule has 1 aromatic carbocycles. The van der Waals surface area contributed by atoms with Crippen LogP contribution in [0.2, 0.25) is 0 Å². The Bertz CT molecular complexity index is 662. The number of benzene rings is 1. The van der Waals surface area contributed by atoms with Crippen molar-refractivity contribution >= 4 is 12.6 Å². The lowest BCUT2D eigenvalue weighted by molar-refractivity contribution is -0.0526. The molecule has 2 aliphatic heterocycles. The molecule has 3 rings (SSSR count). The minimum absolute atomic E-state index is 0.0817. The minimum Gasteiger partial charge on any atom is -0.497 e. The molecule has 1 unspecified atom stereocenters. The second-order valence-corrected chi connectivity index (χ2v) is 9.12. The molecular formula is C21H34BNO4. The fourth-order valence-electron chi connectivity index (χ4n) is 3.90. The molecule has 6 heteroatoms. The van der Waals surface area contributed by atoms with Crippen LogP contribution in [0.15, 0.2) is 18.2 Å². The number of ether oxygens (including phenoxy) is 2. The zero-order chi connectivity index (χ0) is 19.9. The van der Waals surface area contributed by atoms with Gasteiger partial charge in [-0.2, -0.15) is 0 Å². The lowest BCUT2D eigenvalue weighted by Gasteiger charge is -2.39. The van der Waals surface area contributed by atoms with E-state index in [-0.39, 0.29) is 23.9 Å². The van der Waals surface area contributed by atoms with Gasteiger partial charge in [0.25, 0.3) is 0 Å². The Balaban J connectivity index is 1.86. The molecule has 0 spiro atoms. The van der Waals surface area contributed by atoms with Crippen molar-refractivity contribution in [2.45, 2.75) is 70.8 Å². The van der Waals surface area contributed by atoms with E-state index >= 15 is 0 Å². The standard InChI is InChI=1S/C21H34BNO4/c1-19(2)20(3,4)27-22(26-19)18-10-9-17(24-6)13-16(18)14-23-12-8-11-21(5,15-23)25-7/h9-10,13H,8,11-12,14-15H2,1-7H3. The van der Waals surface area contributed by atoms with Crippen LogP contribution in [0.4, 0.5) is 0 Å². The number of methoxy groups -OCH3 is 2. The summed E-state index contributed by atoms with van der Waals surface area (Å²) in [5.41, 5.74) is 1.48. The topological polar surface area (TPSA) is 40.2 Å².